The van der Waals surface area contributed by atoms with E-state index >= 15 is 0 Å². The van der Waals surface area contributed by atoms with Gasteiger partial charge in [-0.3, -0.25) is 28.9 Å². The second-order valence-corrected chi connectivity index (χ2v) is 13.2. The van der Waals surface area contributed by atoms with E-state index in [0.717, 1.165) is 0 Å². The molecule has 13 nitrogen and oxygen atoms in total. The van der Waals surface area contributed by atoms with Gasteiger partial charge in [-0.25, -0.2) is 0 Å². The molecule has 1 aliphatic heterocycles. The number of allylic oxidation sites excluding steroid dienone is 1. The summed E-state index contributed by atoms with van der Waals surface area (Å²) in [7, 11) is 3.06. The Balaban J connectivity index is 1.33. The molecule has 264 valence electrons. The van der Waals surface area contributed by atoms with Crippen LogP contribution >= 0.6 is 0 Å². The fourth-order valence-corrected chi connectivity index (χ4v) is 7.92. The summed E-state index contributed by atoms with van der Waals surface area (Å²) in [6.45, 7) is -0.200. The maximum Gasteiger partial charge on any atom is 0.471 e. The number of benzene rings is 2. The fraction of sp³-hybridized carbons (Fsp3) is 0.382. The molecule has 1 fully saturated rings. The molecule has 3 aliphatic carbocycles. The van der Waals surface area contributed by atoms with Crippen LogP contribution < -0.4 is 11.1 Å². The van der Waals surface area contributed by atoms with E-state index in [1.165, 1.54) is 37.2 Å². The number of alkyl halides is 3. The van der Waals surface area contributed by atoms with Crippen molar-refractivity contribution in [3.05, 3.63) is 70.2 Å². The van der Waals surface area contributed by atoms with E-state index in [1.807, 2.05) is 0 Å². The molecule has 1 unspecified atom stereocenters. The number of phenolic OH excluding ortho intramolecular Hbond substituents is 1. The Morgan fingerprint density at radius 3 is 2.30 bits per heavy atom. The SMILES string of the molecule is CN(C)[C@H]1C(O)=C(C(N)=O)C(=O)[C@]2(O)C(O)=C3C(=O)c4c(O)ccc(-c5ccc(NC(=O)C6CCCN6C(=O)C(F)(F)F)cc5)c4C[C@@H]3C[C@H]12. The molecule has 0 spiro atoms. The largest absolute Gasteiger partial charge is 0.510 e. The number of ketones is 2. The first kappa shape index (κ1) is 34.6. The number of halogens is 3. The number of phenols is 1. The lowest BCUT2D eigenvalue weighted by Crippen LogP contribution is -2.63. The normalized spacial score (nSPS) is 26.5. The van der Waals surface area contributed by atoms with Crippen LogP contribution in [0.3, 0.4) is 0 Å². The van der Waals surface area contributed by atoms with Gasteiger partial charge in [0.05, 0.1) is 11.6 Å². The number of carbonyl (C=O) groups is 5. The minimum absolute atomic E-state index is 0.0432. The number of hydrogen-bond donors (Lipinski definition) is 6. The Bertz CT molecular complexity index is 1920. The van der Waals surface area contributed by atoms with Crippen LogP contribution in [0.1, 0.15) is 35.2 Å². The first-order chi connectivity index (χ1) is 23.4. The van der Waals surface area contributed by atoms with Crippen LogP contribution in [-0.4, -0.2) is 104 Å². The Labute approximate surface area is 282 Å². The summed E-state index contributed by atoms with van der Waals surface area (Å²) in [5.74, 6) is -10.5. The number of anilines is 1. The summed E-state index contributed by atoms with van der Waals surface area (Å²) in [6.07, 6.45) is -4.87. The van der Waals surface area contributed by atoms with E-state index in [4.69, 9.17) is 5.73 Å². The maximum atomic E-state index is 14.0. The van der Waals surface area contributed by atoms with Gasteiger partial charge in [-0.2, -0.15) is 13.2 Å². The number of aromatic hydroxyl groups is 1. The minimum atomic E-state index is -5.11. The number of nitrogens with one attached hydrogen (secondary N) is 1. The Morgan fingerprint density at radius 2 is 1.70 bits per heavy atom. The summed E-state index contributed by atoms with van der Waals surface area (Å²) < 4.78 is 39.1. The fourth-order valence-electron chi connectivity index (χ4n) is 7.92. The molecule has 0 aromatic heterocycles. The van der Waals surface area contributed by atoms with Crippen molar-refractivity contribution in [3.8, 4) is 16.9 Å². The zero-order valence-electron chi connectivity index (χ0n) is 26.7. The number of hydrogen-bond acceptors (Lipinski definition) is 10. The number of aliphatic hydroxyl groups is 3. The molecule has 3 amide bonds. The summed E-state index contributed by atoms with van der Waals surface area (Å²) in [6, 6.07) is 6.51. The number of amides is 3. The Morgan fingerprint density at radius 1 is 1.04 bits per heavy atom. The van der Waals surface area contributed by atoms with Crippen LogP contribution in [0.2, 0.25) is 0 Å². The molecule has 4 aliphatic rings. The van der Waals surface area contributed by atoms with Crippen molar-refractivity contribution in [1.82, 2.24) is 9.80 Å². The van der Waals surface area contributed by atoms with Gasteiger partial charge >= 0.3 is 12.1 Å². The quantitative estimate of drug-likeness (QED) is 0.251. The minimum Gasteiger partial charge on any atom is -0.510 e. The third-order valence-corrected chi connectivity index (χ3v) is 10.1. The van der Waals surface area contributed by atoms with Crippen molar-refractivity contribution in [1.29, 1.82) is 0 Å². The highest BCUT2D eigenvalue weighted by atomic mass is 19.4. The standard InChI is InChI=1S/C34H33F3N4O9/c1-40(2)25-19-13-15-12-18-17(14-5-7-16(8-6-14)39-31(48)20-4-3-11-41(20)32(49)34(35,36)37)9-10-21(42)23(18)26(43)22(15)28(45)33(19,50)29(46)24(27(25)44)30(38)47/h5-10,15,19-20,25,42,44-45,50H,3-4,11-13H2,1-2H3,(H2,38,47)(H,39,48)/t15-,19-,20?,25-,33-/m1/s1. The van der Waals surface area contributed by atoms with Crippen molar-refractivity contribution in [3.63, 3.8) is 0 Å². The molecule has 0 bridgehead atoms. The Kier molecular flexibility index (Phi) is 8.30. The lowest BCUT2D eigenvalue weighted by Gasteiger charge is -2.50. The first-order valence-electron chi connectivity index (χ1n) is 15.7. The zero-order valence-corrected chi connectivity index (χ0v) is 26.7. The lowest BCUT2D eigenvalue weighted by molar-refractivity contribution is -0.186. The molecular formula is C34H33F3N4O9. The molecule has 1 saturated heterocycles. The molecular weight excluding hydrogens is 665 g/mol. The van der Waals surface area contributed by atoms with E-state index < -0.39 is 87.8 Å². The predicted octanol–water partition coefficient (Wildman–Crippen LogP) is 2.28. The molecule has 1 heterocycles. The summed E-state index contributed by atoms with van der Waals surface area (Å²) in [5.41, 5.74) is 2.83. The van der Waals surface area contributed by atoms with Gasteiger partial charge in [0.2, 0.25) is 11.7 Å². The van der Waals surface area contributed by atoms with Crippen LogP contribution in [-0.2, 0) is 25.6 Å². The number of fused-ring (bicyclic) bond motifs is 3. The number of nitrogens with two attached hydrogens (primary N) is 1. The second kappa shape index (κ2) is 12.0. The third-order valence-electron chi connectivity index (χ3n) is 10.1. The number of primary amides is 1. The van der Waals surface area contributed by atoms with E-state index in [0.29, 0.717) is 21.6 Å². The third kappa shape index (κ3) is 5.20. The highest BCUT2D eigenvalue weighted by molar-refractivity contribution is 6.25. The van der Waals surface area contributed by atoms with Gasteiger partial charge in [0.25, 0.3) is 5.91 Å². The number of Topliss-reactive ketones (excluding diaryl/α,β-unsaturated/α-hetero) is 2. The summed E-state index contributed by atoms with van der Waals surface area (Å²) in [4.78, 5) is 66.3. The topological polar surface area (TPSA) is 211 Å². The van der Waals surface area contributed by atoms with Crippen LogP contribution in [0.4, 0.5) is 18.9 Å². The van der Waals surface area contributed by atoms with Crippen molar-refractivity contribution in [2.24, 2.45) is 17.6 Å². The second-order valence-electron chi connectivity index (χ2n) is 13.2. The number of likely N-dealkylation sites (tertiary alicyclic amines) is 1. The molecule has 0 radical (unpaired) electrons. The first-order valence-corrected chi connectivity index (χ1v) is 15.7. The highest BCUT2D eigenvalue weighted by Gasteiger charge is 2.63. The van der Waals surface area contributed by atoms with Crippen molar-refractivity contribution in [2.75, 3.05) is 26.0 Å². The van der Waals surface area contributed by atoms with E-state index in [-0.39, 0.29) is 49.1 Å². The van der Waals surface area contributed by atoms with E-state index in [9.17, 15) is 57.6 Å². The summed E-state index contributed by atoms with van der Waals surface area (Å²) >= 11 is 0. The van der Waals surface area contributed by atoms with Crippen LogP contribution in [0.15, 0.2) is 59.1 Å². The molecule has 2 aromatic carbocycles. The van der Waals surface area contributed by atoms with E-state index in [2.05, 4.69) is 5.32 Å². The van der Waals surface area contributed by atoms with E-state index in [1.54, 1.807) is 18.2 Å². The van der Waals surface area contributed by atoms with Gasteiger partial charge in [-0.05, 0) is 80.6 Å². The molecule has 50 heavy (non-hydrogen) atoms. The van der Waals surface area contributed by atoms with Crippen molar-refractivity contribution in [2.45, 2.75) is 49.5 Å². The van der Waals surface area contributed by atoms with Crippen LogP contribution in [0, 0.1) is 11.8 Å². The number of rotatable bonds is 5. The van der Waals surface area contributed by atoms with Gasteiger partial charge in [0.1, 0.15) is 28.9 Å². The molecule has 16 heteroatoms. The molecule has 2 aromatic rings. The molecule has 6 rings (SSSR count). The number of aliphatic hydroxyl groups excluding tert-OH is 2. The number of likely N-dealkylation sites (N-methyl/N-ethyl adjacent to an activating group) is 1. The molecule has 7 N–H and O–H groups in total. The van der Waals surface area contributed by atoms with Crippen molar-refractivity contribution < 1.29 is 57.6 Å². The Hall–Kier alpha value is -5.22. The predicted molar refractivity (Wildman–Crippen MR) is 169 cm³/mol. The van der Waals surface area contributed by atoms with Gasteiger partial charge in [0.15, 0.2) is 11.4 Å². The van der Waals surface area contributed by atoms with Crippen LogP contribution in [0.25, 0.3) is 11.1 Å². The van der Waals surface area contributed by atoms with Gasteiger partial charge in [0, 0.05) is 23.7 Å². The molecule has 5 atom stereocenters. The van der Waals surface area contributed by atoms with Gasteiger partial charge < -0.3 is 36.4 Å². The smallest absolute Gasteiger partial charge is 0.471 e. The number of carbonyl (C=O) groups excluding carboxylic acids is 5. The summed E-state index contributed by atoms with van der Waals surface area (Å²) in [5, 5.41) is 47.6. The zero-order chi connectivity index (χ0) is 36.6. The van der Waals surface area contributed by atoms with Gasteiger partial charge in [-0.1, -0.05) is 18.2 Å². The lowest BCUT2D eigenvalue weighted by atomic mass is 9.58. The highest BCUT2D eigenvalue weighted by Crippen LogP contribution is 2.53. The average molecular weight is 699 g/mol. The van der Waals surface area contributed by atoms with Crippen molar-refractivity contribution >= 4 is 35.0 Å². The average Bonchev–Trinajstić information content (AvgIpc) is 3.52. The molecule has 0 saturated carbocycles. The number of nitrogens with zero attached hydrogens (tertiary/aromatic N) is 2. The van der Waals surface area contributed by atoms with Gasteiger partial charge in [-0.15, -0.1) is 0 Å². The monoisotopic (exact) mass is 698 g/mol. The van der Waals surface area contributed by atoms with Crippen LogP contribution in [0.5, 0.6) is 5.75 Å². The maximum absolute atomic E-state index is 14.0.